The van der Waals surface area contributed by atoms with Crippen LogP contribution in [0.1, 0.15) is 37.6 Å². The number of anilines is 1. The molecule has 2 N–H and O–H groups in total. The molecule has 5 nitrogen and oxygen atoms in total. The van der Waals surface area contributed by atoms with Gasteiger partial charge in [0.2, 0.25) is 0 Å². The lowest BCUT2D eigenvalue weighted by atomic mass is 10.1. The van der Waals surface area contributed by atoms with E-state index in [2.05, 4.69) is 26.2 Å². The van der Waals surface area contributed by atoms with Crippen molar-refractivity contribution in [1.29, 1.82) is 0 Å². The molecule has 0 spiro atoms. The van der Waals surface area contributed by atoms with E-state index in [1.54, 1.807) is 12.1 Å². The van der Waals surface area contributed by atoms with Gasteiger partial charge in [-0.15, -0.1) is 11.3 Å². The number of carboxylic acid groups (broad SMARTS) is 1. The van der Waals surface area contributed by atoms with Gasteiger partial charge in [0, 0.05) is 11.1 Å². The summed E-state index contributed by atoms with van der Waals surface area (Å²) in [5, 5.41) is 12.5. The van der Waals surface area contributed by atoms with Crippen molar-refractivity contribution >= 4 is 44.1 Å². The molecule has 7 heteroatoms. The van der Waals surface area contributed by atoms with Crippen molar-refractivity contribution in [2.24, 2.45) is 0 Å². The number of carbonyl (C=O) groups is 2. The topological polar surface area (TPSA) is 79.3 Å². The first kappa shape index (κ1) is 14.2. The molecule has 0 atom stereocenters. The van der Waals surface area contributed by atoms with Crippen LogP contribution < -0.4 is 5.32 Å². The van der Waals surface area contributed by atoms with Crippen LogP contribution in [0.15, 0.2) is 22.9 Å². The minimum absolute atomic E-state index is 0.242. The Morgan fingerprint density at radius 1 is 1.33 bits per heavy atom. The van der Waals surface area contributed by atoms with Gasteiger partial charge in [-0.2, -0.15) is 0 Å². The lowest BCUT2D eigenvalue weighted by Gasteiger charge is -2.05. The maximum absolute atomic E-state index is 12.2. The Hall–Kier alpha value is -1.73. The molecule has 2 heterocycles. The summed E-state index contributed by atoms with van der Waals surface area (Å²) < 4.78 is 0.639. The summed E-state index contributed by atoms with van der Waals surface area (Å²) in [5.41, 5.74) is 1.51. The summed E-state index contributed by atoms with van der Waals surface area (Å²) in [6.07, 6.45) is 4.08. The summed E-state index contributed by atoms with van der Waals surface area (Å²) in [6.45, 7) is 0. The third kappa shape index (κ3) is 2.71. The number of hydrogen-bond donors (Lipinski definition) is 2. The molecule has 21 heavy (non-hydrogen) atoms. The predicted molar refractivity (Wildman–Crippen MR) is 83.2 cm³/mol. The number of amides is 1. The molecule has 0 fully saturated rings. The molecular weight excluding hydrogens is 356 g/mol. The number of nitrogens with zero attached hydrogens (tertiary/aromatic N) is 1. The van der Waals surface area contributed by atoms with Crippen LogP contribution in [0.5, 0.6) is 0 Å². The fourth-order valence-electron chi connectivity index (χ4n) is 2.40. The Morgan fingerprint density at radius 2 is 2.14 bits per heavy atom. The van der Waals surface area contributed by atoms with Crippen molar-refractivity contribution in [3.8, 4) is 0 Å². The normalized spacial score (nSPS) is 13.0. The SMILES string of the molecule is O=C(Nc1sc2c(c1C(=O)O)CCC2)c1ccc(Br)nc1. The summed E-state index contributed by atoms with van der Waals surface area (Å²) in [4.78, 5) is 28.7. The molecular formula is C14H11BrN2O3S. The Morgan fingerprint density at radius 3 is 2.81 bits per heavy atom. The number of thiophene rings is 1. The third-order valence-corrected chi connectivity index (χ3v) is 5.03. The monoisotopic (exact) mass is 366 g/mol. The van der Waals surface area contributed by atoms with Crippen molar-refractivity contribution in [2.45, 2.75) is 19.3 Å². The van der Waals surface area contributed by atoms with Crippen LogP contribution in [0.2, 0.25) is 0 Å². The zero-order chi connectivity index (χ0) is 15.0. The van der Waals surface area contributed by atoms with Gasteiger partial charge in [0.1, 0.15) is 9.60 Å². The van der Waals surface area contributed by atoms with Crippen LogP contribution in [0.25, 0.3) is 0 Å². The van der Waals surface area contributed by atoms with Gasteiger partial charge in [-0.25, -0.2) is 9.78 Å². The second-order valence-corrected chi connectivity index (χ2v) is 6.61. The van der Waals surface area contributed by atoms with Gasteiger partial charge in [0.25, 0.3) is 5.91 Å². The van der Waals surface area contributed by atoms with Crippen molar-refractivity contribution in [3.63, 3.8) is 0 Å². The lowest BCUT2D eigenvalue weighted by Crippen LogP contribution is -2.14. The number of hydrogen-bond acceptors (Lipinski definition) is 4. The van der Waals surface area contributed by atoms with Crippen LogP contribution in [0.4, 0.5) is 5.00 Å². The summed E-state index contributed by atoms with van der Waals surface area (Å²) in [7, 11) is 0. The minimum Gasteiger partial charge on any atom is -0.478 e. The molecule has 0 unspecified atom stereocenters. The van der Waals surface area contributed by atoms with Crippen LogP contribution in [-0.4, -0.2) is 22.0 Å². The van der Waals surface area contributed by atoms with E-state index < -0.39 is 5.97 Å². The molecule has 1 amide bonds. The van der Waals surface area contributed by atoms with Gasteiger partial charge < -0.3 is 10.4 Å². The number of nitrogens with one attached hydrogen (secondary N) is 1. The summed E-state index contributed by atoms with van der Waals surface area (Å²) in [5.74, 6) is -1.34. The predicted octanol–water partition coefficient (Wildman–Crippen LogP) is 3.34. The van der Waals surface area contributed by atoms with E-state index in [1.165, 1.54) is 17.5 Å². The van der Waals surface area contributed by atoms with E-state index >= 15 is 0 Å². The lowest BCUT2D eigenvalue weighted by molar-refractivity contribution is 0.0697. The first-order valence-electron chi connectivity index (χ1n) is 6.37. The van der Waals surface area contributed by atoms with E-state index in [-0.39, 0.29) is 11.5 Å². The zero-order valence-electron chi connectivity index (χ0n) is 10.9. The Balaban J connectivity index is 1.90. The number of pyridine rings is 1. The fraction of sp³-hybridized carbons (Fsp3) is 0.214. The molecule has 0 saturated carbocycles. The molecule has 0 aromatic carbocycles. The highest BCUT2D eigenvalue weighted by molar-refractivity contribution is 9.10. The van der Waals surface area contributed by atoms with Crippen LogP contribution in [0, 0.1) is 0 Å². The van der Waals surface area contributed by atoms with Crippen molar-refractivity contribution in [2.75, 3.05) is 5.32 Å². The second kappa shape index (κ2) is 5.57. The number of aromatic nitrogens is 1. The maximum Gasteiger partial charge on any atom is 0.339 e. The smallest absolute Gasteiger partial charge is 0.339 e. The molecule has 0 radical (unpaired) electrons. The Kier molecular flexibility index (Phi) is 3.77. The van der Waals surface area contributed by atoms with Crippen molar-refractivity contribution < 1.29 is 14.7 Å². The van der Waals surface area contributed by atoms with Crippen molar-refractivity contribution in [3.05, 3.63) is 44.5 Å². The quantitative estimate of drug-likeness (QED) is 0.816. The average molecular weight is 367 g/mol. The highest BCUT2D eigenvalue weighted by Gasteiger charge is 2.27. The minimum atomic E-state index is -0.987. The van der Waals surface area contributed by atoms with Gasteiger partial charge in [0.05, 0.1) is 11.1 Å². The summed E-state index contributed by atoms with van der Waals surface area (Å²) in [6, 6.07) is 3.30. The largest absolute Gasteiger partial charge is 0.478 e. The molecule has 0 bridgehead atoms. The van der Waals surface area contributed by atoms with Crippen LogP contribution in [-0.2, 0) is 12.8 Å². The first-order chi connectivity index (χ1) is 10.1. The Bertz CT molecular complexity index is 725. The van der Waals surface area contributed by atoms with Gasteiger partial charge >= 0.3 is 5.97 Å². The Labute approximate surface area is 133 Å². The number of carbonyl (C=O) groups excluding carboxylic acids is 1. The highest BCUT2D eigenvalue weighted by atomic mass is 79.9. The van der Waals surface area contributed by atoms with Crippen LogP contribution >= 0.6 is 27.3 Å². The fourth-order valence-corrected chi connectivity index (χ4v) is 3.91. The molecule has 0 saturated heterocycles. The van der Waals surface area contributed by atoms with E-state index in [9.17, 15) is 14.7 Å². The molecule has 108 valence electrons. The third-order valence-electron chi connectivity index (χ3n) is 3.35. The average Bonchev–Trinajstić information content (AvgIpc) is 2.98. The van der Waals surface area contributed by atoms with Crippen molar-refractivity contribution in [1.82, 2.24) is 4.98 Å². The van der Waals surface area contributed by atoms with Gasteiger partial charge in [-0.05, 0) is 52.9 Å². The number of aromatic carboxylic acids is 1. The highest BCUT2D eigenvalue weighted by Crippen LogP contribution is 2.39. The molecule has 3 rings (SSSR count). The number of fused-ring (bicyclic) bond motifs is 1. The van der Waals surface area contributed by atoms with E-state index in [4.69, 9.17) is 0 Å². The van der Waals surface area contributed by atoms with Gasteiger partial charge in [-0.3, -0.25) is 4.79 Å². The molecule has 0 aliphatic heterocycles. The standard InChI is InChI=1S/C14H11BrN2O3S/c15-10-5-4-7(6-16-10)12(18)17-13-11(14(19)20)8-2-1-3-9(8)21-13/h4-6H,1-3H2,(H,17,18)(H,19,20). The zero-order valence-corrected chi connectivity index (χ0v) is 13.3. The van der Waals surface area contributed by atoms with Crippen LogP contribution in [0.3, 0.4) is 0 Å². The van der Waals surface area contributed by atoms with E-state index in [1.807, 2.05) is 0 Å². The van der Waals surface area contributed by atoms with Gasteiger partial charge in [0.15, 0.2) is 0 Å². The van der Waals surface area contributed by atoms with E-state index in [0.717, 1.165) is 29.7 Å². The van der Waals surface area contributed by atoms with Gasteiger partial charge in [-0.1, -0.05) is 0 Å². The molecule has 1 aliphatic rings. The number of aryl methyl sites for hydroxylation is 1. The molecule has 2 aromatic rings. The molecule has 2 aromatic heterocycles. The number of carboxylic acids is 1. The second-order valence-electron chi connectivity index (χ2n) is 4.69. The first-order valence-corrected chi connectivity index (χ1v) is 7.98. The molecule has 1 aliphatic carbocycles. The number of halogens is 1. The number of rotatable bonds is 3. The maximum atomic E-state index is 12.2. The summed E-state index contributed by atoms with van der Waals surface area (Å²) >= 11 is 4.56. The van der Waals surface area contributed by atoms with E-state index in [0.29, 0.717) is 15.2 Å².